The van der Waals surface area contributed by atoms with Gasteiger partial charge >= 0.3 is 17.9 Å². The van der Waals surface area contributed by atoms with Gasteiger partial charge in [0.25, 0.3) is 0 Å². The third-order valence-corrected chi connectivity index (χ3v) is 6.63. The summed E-state index contributed by atoms with van der Waals surface area (Å²) in [5, 5.41) is 0.349. The van der Waals surface area contributed by atoms with Crippen molar-refractivity contribution < 1.29 is 38.1 Å². The van der Waals surface area contributed by atoms with Crippen LogP contribution in [0.2, 0.25) is 5.02 Å². The molecule has 0 aromatic heterocycles. The fourth-order valence-corrected chi connectivity index (χ4v) is 4.25. The lowest BCUT2D eigenvalue weighted by atomic mass is 10.0. The van der Waals surface area contributed by atoms with Gasteiger partial charge in [-0.1, -0.05) is 68.4 Å². The van der Waals surface area contributed by atoms with Crippen LogP contribution in [0.1, 0.15) is 42.1 Å². The van der Waals surface area contributed by atoms with E-state index in [1.54, 1.807) is 36.4 Å². The zero-order valence-corrected chi connectivity index (χ0v) is 25.6. The summed E-state index contributed by atoms with van der Waals surface area (Å²) in [4.78, 5) is 35.4. The van der Waals surface area contributed by atoms with E-state index in [4.69, 9.17) is 35.3 Å². The van der Waals surface area contributed by atoms with Crippen molar-refractivity contribution in [2.45, 2.75) is 38.7 Å². The second-order valence-corrected chi connectivity index (χ2v) is 10.1. The molecule has 9 heteroatoms. The maximum Gasteiger partial charge on any atom is 0.343 e. The molecule has 0 heterocycles. The molecular weight excluding hydrogens is 584 g/mol. The van der Waals surface area contributed by atoms with Crippen LogP contribution in [0.5, 0.6) is 11.5 Å². The number of halogens is 1. The van der Waals surface area contributed by atoms with Crippen molar-refractivity contribution in [1.82, 2.24) is 0 Å². The second-order valence-electron chi connectivity index (χ2n) is 9.73. The van der Waals surface area contributed by atoms with Gasteiger partial charge in [-0.15, -0.1) is 0 Å². The minimum absolute atomic E-state index is 0.0602. The van der Waals surface area contributed by atoms with Crippen LogP contribution in [0.3, 0.4) is 0 Å². The average molecular weight is 621 g/mol. The highest BCUT2D eigenvalue weighted by Crippen LogP contribution is 2.31. The molecule has 0 N–H and O–H groups in total. The van der Waals surface area contributed by atoms with Crippen molar-refractivity contribution >= 4 is 29.5 Å². The van der Waals surface area contributed by atoms with Crippen molar-refractivity contribution in [2.24, 2.45) is 0 Å². The van der Waals surface area contributed by atoms with E-state index in [2.05, 4.69) is 44.3 Å². The quantitative estimate of drug-likeness (QED) is 0.0638. The van der Waals surface area contributed by atoms with Crippen LogP contribution in [-0.2, 0) is 30.2 Å². The van der Waals surface area contributed by atoms with E-state index in [9.17, 15) is 14.4 Å². The van der Waals surface area contributed by atoms with Crippen LogP contribution in [0.25, 0.3) is 11.1 Å². The molecule has 0 aliphatic heterocycles. The molecule has 0 amide bonds. The summed E-state index contributed by atoms with van der Waals surface area (Å²) in [5.41, 5.74) is 3.63. The van der Waals surface area contributed by atoms with Crippen molar-refractivity contribution in [3.05, 3.63) is 108 Å². The zero-order valence-electron chi connectivity index (χ0n) is 24.8. The third kappa shape index (κ3) is 11.4. The maximum absolute atomic E-state index is 12.7. The first kappa shape index (κ1) is 34.1. The lowest BCUT2D eigenvalue weighted by Gasteiger charge is -2.17. The molecule has 0 radical (unpaired) electrons. The van der Waals surface area contributed by atoms with Gasteiger partial charge in [-0.05, 0) is 72.4 Å². The minimum atomic E-state index is -0.755. The number of benzene rings is 3. The number of hydrogen-bond acceptors (Lipinski definition) is 8. The molecule has 3 rings (SSSR count). The highest BCUT2D eigenvalue weighted by Gasteiger charge is 2.16. The molecule has 0 bridgehead atoms. The lowest BCUT2D eigenvalue weighted by molar-refractivity contribution is -0.156. The molecule has 0 aliphatic carbocycles. The van der Waals surface area contributed by atoms with E-state index in [1.165, 1.54) is 5.56 Å². The van der Waals surface area contributed by atoms with Crippen LogP contribution in [0, 0.1) is 0 Å². The van der Waals surface area contributed by atoms with Crippen molar-refractivity contribution in [1.29, 1.82) is 0 Å². The first-order valence-electron chi connectivity index (χ1n) is 14.4. The molecule has 0 saturated heterocycles. The summed E-state index contributed by atoms with van der Waals surface area (Å²) in [6.45, 7) is 9.56. The zero-order chi connectivity index (χ0) is 31.7. The van der Waals surface area contributed by atoms with E-state index in [-0.39, 0.29) is 19.0 Å². The lowest BCUT2D eigenvalue weighted by Crippen LogP contribution is -2.29. The van der Waals surface area contributed by atoms with Crippen LogP contribution in [0.15, 0.2) is 92.0 Å². The summed E-state index contributed by atoms with van der Waals surface area (Å²) in [5.74, 6) is -0.888. The number of hydrogen-bond donors (Lipinski definition) is 0. The van der Waals surface area contributed by atoms with Gasteiger partial charge in [-0.2, -0.15) is 0 Å². The smallest absolute Gasteiger partial charge is 0.343 e. The largest absolute Gasteiger partial charge is 0.494 e. The summed E-state index contributed by atoms with van der Waals surface area (Å²) in [7, 11) is 0. The molecule has 3 aromatic carbocycles. The Hall–Kier alpha value is -4.40. The van der Waals surface area contributed by atoms with Crippen LogP contribution in [0.4, 0.5) is 0 Å². The normalized spacial score (nSPS) is 11.2. The Morgan fingerprint density at radius 1 is 0.841 bits per heavy atom. The summed E-state index contributed by atoms with van der Waals surface area (Å²) >= 11 is 6.44. The SMILES string of the molecule is C=CC(=O)OCC(COCCCCOc1ccc(C(=O)Oc2ccc(-c3ccc(CCC)cc3)cc2Cl)cc1)OC(=O)C=C. The van der Waals surface area contributed by atoms with Gasteiger partial charge in [0, 0.05) is 18.8 Å². The Kier molecular flexibility index (Phi) is 14.2. The Labute approximate surface area is 263 Å². The summed E-state index contributed by atoms with van der Waals surface area (Å²) in [6.07, 6.45) is 4.81. The Morgan fingerprint density at radius 2 is 1.52 bits per heavy atom. The van der Waals surface area contributed by atoms with Crippen molar-refractivity contribution in [3.8, 4) is 22.6 Å². The Morgan fingerprint density at radius 3 is 2.18 bits per heavy atom. The average Bonchev–Trinajstić information content (AvgIpc) is 3.04. The van der Waals surface area contributed by atoms with Crippen LogP contribution < -0.4 is 9.47 Å². The Balaban J connectivity index is 1.39. The number of rotatable bonds is 18. The van der Waals surface area contributed by atoms with Crippen LogP contribution in [-0.4, -0.2) is 50.4 Å². The molecule has 232 valence electrons. The third-order valence-electron chi connectivity index (χ3n) is 6.33. The van der Waals surface area contributed by atoms with Crippen molar-refractivity contribution in [3.63, 3.8) is 0 Å². The number of carbonyl (C=O) groups is 3. The number of aryl methyl sites for hydroxylation is 1. The predicted octanol–water partition coefficient (Wildman–Crippen LogP) is 7.18. The number of esters is 3. The first-order chi connectivity index (χ1) is 21.3. The number of unbranched alkanes of at least 4 members (excludes halogenated alkanes) is 1. The van der Waals surface area contributed by atoms with Gasteiger partial charge in [-0.25, -0.2) is 14.4 Å². The van der Waals surface area contributed by atoms with Gasteiger partial charge < -0.3 is 23.7 Å². The minimum Gasteiger partial charge on any atom is -0.494 e. The topological polar surface area (TPSA) is 97.4 Å². The van der Waals surface area contributed by atoms with E-state index in [0.717, 1.165) is 36.1 Å². The number of ether oxygens (including phenoxy) is 5. The molecule has 0 fully saturated rings. The maximum atomic E-state index is 12.7. The van der Waals surface area contributed by atoms with Gasteiger partial charge in [0.05, 0.1) is 23.8 Å². The fourth-order valence-electron chi connectivity index (χ4n) is 4.04. The highest BCUT2D eigenvalue weighted by atomic mass is 35.5. The molecule has 3 aromatic rings. The molecule has 8 nitrogen and oxygen atoms in total. The van der Waals surface area contributed by atoms with E-state index in [0.29, 0.717) is 42.4 Å². The van der Waals surface area contributed by atoms with Crippen molar-refractivity contribution in [2.75, 3.05) is 26.4 Å². The standard InChI is InChI=1S/C35H37ClO8/c1-4-9-25-10-12-26(13-11-25)28-16-19-32(31(36)22-28)44-35(39)27-14-17-29(18-15-27)41-21-8-7-20-40-23-30(43-34(38)6-3)24-42-33(37)5-2/h5-6,10-19,22,30H,2-4,7-9,20-21,23-24H2,1H3. The fraction of sp³-hybridized carbons (Fsp3) is 0.286. The molecule has 44 heavy (non-hydrogen) atoms. The van der Waals surface area contributed by atoms with Gasteiger partial charge in [0.2, 0.25) is 0 Å². The molecular formula is C35H37ClO8. The first-order valence-corrected chi connectivity index (χ1v) is 14.7. The van der Waals surface area contributed by atoms with E-state index >= 15 is 0 Å². The Bertz CT molecular complexity index is 1400. The molecule has 0 saturated carbocycles. The van der Waals surface area contributed by atoms with E-state index in [1.807, 2.05) is 6.07 Å². The molecule has 0 spiro atoms. The summed E-state index contributed by atoms with van der Waals surface area (Å²) < 4.78 is 26.9. The van der Waals surface area contributed by atoms with Crippen LogP contribution >= 0.6 is 11.6 Å². The molecule has 1 unspecified atom stereocenters. The van der Waals surface area contributed by atoms with Gasteiger partial charge in [0.15, 0.2) is 6.10 Å². The molecule has 1 atom stereocenters. The summed E-state index contributed by atoms with van der Waals surface area (Å²) in [6, 6.07) is 20.4. The van der Waals surface area contributed by atoms with Gasteiger partial charge in [0.1, 0.15) is 18.1 Å². The second kappa shape index (κ2) is 18.3. The predicted molar refractivity (Wildman–Crippen MR) is 169 cm³/mol. The monoisotopic (exact) mass is 620 g/mol. The van der Waals surface area contributed by atoms with E-state index < -0.39 is 24.0 Å². The molecule has 0 aliphatic rings. The highest BCUT2D eigenvalue weighted by molar-refractivity contribution is 6.32. The van der Waals surface area contributed by atoms with Gasteiger partial charge in [-0.3, -0.25) is 0 Å². The number of carbonyl (C=O) groups excluding carboxylic acids is 3.